The number of aliphatic hydroxyl groups is 10. The van der Waals surface area contributed by atoms with E-state index in [9.17, 15) is 55.9 Å². The van der Waals surface area contributed by atoms with Crippen LogP contribution in [0.25, 0.3) is 0 Å². The van der Waals surface area contributed by atoms with E-state index in [-0.39, 0.29) is 459 Å². The molecule has 3 heterocycles. The van der Waals surface area contributed by atoms with E-state index in [4.69, 9.17) is 28.4 Å². The summed E-state index contributed by atoms with van der Waals surface area (Å²) in [6, 6.07) is 0. The molecule has 0 aromatic carbocycles. The maximum atomic E-state index is 11.3. The van der Waals surface area contributed by atoms with E-state index in [1.807, 2.05) is 0 Å². The minimum absolute atomic E-state index is 0. The molecule has 17 nitrogen and oxygen atoms in total. The molecule has 3 aliphatic rings. The van der Waals surface area contributed by atoms with Gasteiger partial charge in [0.2, 0.25) is 0 Å². The molecule has 0 bridgehead atoms. The normalized spacial score (nSPS) is 36.4. The maximum Gasteiger partial charge on any atom is 0.187 e. The van der Waals surface area contributed by atoms with Gasteiger partial charge >= 0.3 is 0 Å². The van der Waals surface area contributed by atoms with Crippen LogP contribution in [0.15, 0.2) is 12.2 Å². The summed E-state index contributed by atoms with van der Waals surface area (Å²) in [5.74, 6) is -0.152. The van der Waals surface area contributed by atoms with Crippen molar-refractivity contribution in [1.82, 2.24) is 0 Å². The van der Waals surface area contributed by atoms with E-state index in [0.717, 1.165) is 0 Å². The molecule has 0 aromatic heterocycles. The van der Waals surface area contributed by atoms with Crippen molar-refractivity contribution < 1.29 is 525 Å². The van der Waals surface area contributed by atoms with Crippen LogP contribution in [0.2, 0.25) is 0 Å². The van der Waals surface area contributed by atoms with Crippen molar-refractivity contribution in [2.75, 3.05) is 26.4 Å². The van der Waals surface area contributed by atoms with Crippen molar-refractivity contribution >= 4 is 5.78 Å². The molecule has 0 aromatic rings. The molecular weight excluding hydrogens is 2850 g/mol. The molecule has 0 saturated carbocycles. The first kappa shape index (κ1) is 83.1. The number of hydrogen-bond donors (Lipinski definition) is 10. The van der Waals surface area contributed by atoms with Crippen molar-refractivity contribution in [3.63, 3.8) is 0 Å². The quantitative estimate of drug-likeness (QED) is 0.0772. The van der Waals surface area contributed by atoms with E-state index < -0.39 is 112 Å². The number of ketones is 1. The van der Waals surface area contributed by atoms with Gasteiger partial charge in [-0.15, -0.1) is 0 Å². The van der Waals surface area contributed by atoms with Gasteiger partial charge in [-0.3, -0.25) is 4.79 Å². The molecule has 16 atom stereocenters. The number of allylic oxidation sites excluding steroid dienone is 1. The number of carbonyl (C=O) groups excluding carboxylic acids is 1. The molecule has 3 rings (SSSR count). The first-order valence-corrected chi connectivity index (χ1v) is 14.0. The van der Waals surface area contributed by atoms with Crippen LogP contribution in [0, 0.1) is 447 Å². The standard InChI is InChI=1S/C26H44O17.10Ac/c1-10(11(2)30)5-3-4-6-38-24-20(36)17(33)22(13(8-28)40-24)43-26-21(37)18(34)23(14(9-29)41-26)42-25-19(35)16(32)15(31)12(7-27)39-25;;;;;;;;;;/h3-4,10,12-29,31-37H,5-9H2,1-2H3;;;;;;;;;;/b4-3+;;;;;;;;;;/t10-,12?,13?,14?,15-,16-,17+,18+,19?,20?,21?,22-,23-,24+,25-,26-;;;;;;;;;;/m0........../s1. The van der Waals surface area contributed by atoms with Crippen LogP contribution in [0.3, 0.4) is 0 Å². The summed E-state index contributed by atoms with van der Waals surface area (Å²) in [5.41, 5.74) is 0. The van der Waals surface area contributed by atoms with Gasteiger partial charge in [-0.05, 0) is 13.3 Å². The van der Waals surface area contributed by atoms with Crippen molar-refractivity contribution in [3.05, 3.63) is 12.2 Å². The van der Waals surface area contributed by atoms with Gasteiger partial charge in [0, 0.05) is 447 Å². The van der Waals surface area contributed by atoms with Crippen molar-refractivity contribution in [2.45, 2.75) is 112 Å². The predicted molar refractivity (Wildman–Crippen MR) is 139 cm³/mol. The van der Waals surface area contributed by atoms with Crippen LogP contribution in [-0.4, -0.2) is 175 Å². The van der Waals surface area contributed by atoms with Crippen molar-refractivity contribution in [2.24, 2.45) is 5.92 Å². The average Bonchev–Trinajstić information content (AvgIpc) is 2.99. The zero-order chi connectivity index (χ0) is 32.0. The smallest absolute Gasteiger partial charge is 0.187 e. The zero-order valence-electron chi connectivity index (χ0n) is 29.5. The Hall–Kier alpha value is 13.2. The Morgan fingerprint density at radius 2 is 0.906 bits per heavy atom. The van der Waals surface area contributed by atoms with E-state index in [2.05, 4.69) is 0 Å². The van der Waals surface area contributed by atoms with Crippen LogP contribution in [0.1, 0.15) is 20.3 Å². The minimum Gasteiger partial charge on any atom is -0.394 e. The summed E-state index contributed by atoms with van der Waals surface area (Å²) in [7, 11) is 0. The van der Waals surface area contributed by atoms with Crippen LogP contribution < -0.4 is 0 Å². The number of ether oxygens (including phenoxy) is 6. The number of aliphatic hydroxyl groups excluding tert-OH is 10. The SMILES string of the molecule is CC(=O)[C@@H](C)C/C=C/CO[C@@H]1OC(CO)[C@H](O[C@@H]2OC(CO)[C@H](O[C@@H]3OC(CO)[C@H](O)[C@H](O)C3O)[C@H](O)C2O)[C@H](O)C1O.[Ac].[Ac].[Ac].[Ac].[Ac].[Ac].[Ac].[Ac].[Ac].[Ac]. The third-order valence-corrected chi connectivity index (χ3v) is 7.78. The topological polar surface area (TPSA) is 275 Å². The van der Waals surface area contributed by atoms with Gasteiger partial charge in [0.25, 0.3) is 0 Å². The third-order valence-electron chi connectivity index (χ3n) is 7.78. The second-order valence-corrected chi connectivity index (χ2v) is 10.9. The molecule has 3 fully saturated rings. The first-order valence-electron chi connectivity index (χ1n) is 14.0. The number of Topliss-reactive ketones (excluding diaryl/α,β-unsaturated/α-hetero) is 1. The van der Waals surface area contributed by atoms with E-state index in [0.29, 0.717) is 6.42 Å². The molecular formula is C26H44Ac10O17. The first-order chi connectivity index (χ1) is 20.4. The second-order valence-electron chi connectivity index (χ2n) is 10.9. The molecule has 6 unspecified atom stereocenters. The van der Waals surface area contributed by atoms with Crippen LogP contribution >= 0.6 is 0 Å². The molecule has 3 aliphatic heterocycles. The van der Waals surface area contributed by atoms with Gasteiger partial charge < -0.3 is 79.5 Å². The third kappa shape index (κ3) is 26.5. The zero-order valence-corrected chi connectivity index (χ0v) is 77.0. The van der Waals surface area contributed by atoms with E-state index >= 15 is 0 Å². The van der Waals surface area contributed by atoms with Gasteiger partial charge in [-0.1, -0.05) is 19.1 Å². The minimum atomic E-state index is -1.92. The van der Waals surface area contributed by atoms with Gasteiger partial charge in [-0.2, -0.15) is 0 Å². The van der Waals surface area contributed by atoms with Gasteiger partial charge in [0.05, 0.1) is 26.4 Å². The Morgan fingerprint density at radius 1 is 0.547 bits per heavy atom. The number of hydrogen-bond acceptors (Lipinski definition) is 17. The molecule has 0 spiro atoms. The Bertz CT molecular complexity index is 923. The fourth-order valence-electron chi connectivity index (χ4n) is 4.87. The van der Waals surface area contributed by atoms with Crippen LogP contribution in [0.5, 0.6) is 0 Å². The fraction of sp³-hybridized carbons (Fsp3) is 0.885. The fourth-order valence-corrected chi connectivity index (χ4v) is 4.87. The van der Waals surface area contributed by atoms with Crippen LogP contribution in [0.4, 0.5) is 0 Å². The van der Waals surface area contributed by atoms with Crippen molar-refractivity contribution in [3.8, 4) is 0 Å². The summed E-state index contributed by atoms with van der Waals surface area (Å²) in [6.07, 6.45) is -20.8. The Kier molecular flexibility index (Phi) is 70.7. The Labute approximate surface area is 668 Å². The van der Waals surface area contributed by atoms with Gasteiger partial charge in [0.1, 0.15) is 79.0 Å². The number of rotatable bonds is 13. The monoisotopic (exact) mass is 2900 g/mol. The Balaban J connectivity index is -0.000000337. The predicted octanol–water partition coefficient (Wildman–Crippen LogP) is -5.38. The molecule has 27 heteroatoms. The van der Waals surface area contributed by atoms with Crippen molar-refractivity contribution in [1.29, 1.82) is 0 Å². The molecule has 10 N–H and O–H groups in total. The molecule has 53 heavy (non-hydrogen) atoms. The van der Waals surface area contributed by atoms with E-state index in [1.165, 1.54) is 6.92 Å². The largest absolute Gasteiger partial charge is 0.394 e. The number of carbonyl (C=O) groups is 1. The molecule has 280 valence electrons. The van der Waals surface area contributed by atoms with Gasteiger partial charge in [-0.25, -0.2) is 0 Å². The van der Waals surface area contributed by atoms with Gasteiger partial charge in [0.15, 0.2) is 18.9 Å². The molecule has 10 radical (unpaired) electrons. The van der Waals surface area contributed by atoms with Crippen LogP contribution in [-0.2, 0) is 33.2 Å². The second kappa shape index (κ2) is 45.1. The maximum absolute atomic E-state index is 11.3. The average molecular weight is 2900 g/mol. The summed E-state index contributed by atoms with van der Waals surface area (Å²) in [6.45, 7) is 0.908. The summed E-state index contributed by atoms with van der Waals surface area (Å²) in [5, 5.41) is 102. The molecule has 3 saturated heterocycles. The van der Waals surface area contributed by atoms with E-state index in [1.54, 1.807) is 19.1 Å². The Morgan fingerprint density at radius 3 is 1.30 bits per heavy atom. The molecule has 0 aliphatic carbocycles. The molecule has 0 amide bonds. The summed E-state index contributed by atoms with van der Waals surface area (Å²) in [4.78, 5) is 11.3. The summed E-state index contributed by atoms with van der Waals surface area (Å²) < 4.78 is 32.9. The summed E-state index contributed by atoms with van der Waals surface area (Å²) >= 11 is 0.